The molecule has 2 N–H and O–H groups in total. The summed E-state index contributed by atoms with van der Waals surface area (Å²) in [5.74, 6) is 0.565. The van der Waals surface area contributed by atoms with Gasteiger partial charge in [0, 0.05) is 0 Å². The highest BCUT2D eigenvalue weighted by Gasteiger charge is 2.02. The molecule has 0 aliphatic carbocycles. The minimum Gasteiger partial charge on any atom is -0.504 e. The lowest BCUT2D eigenvalue weighted by atomic mass is 10.2. The van der Waals surface area contributed by atoms with Crippen LogP contribution in [0.3, 0.4) is 0 Å². The Morgan fingerprint density at radius 3 is 2.83 bits per heavy atom. The van der Waals surface area contributed by atoms with Crippen LogP contribution in [0.15, 0.2) is 18.2 Å². The fraction of sp³-hybridized carbons (Fsp3) is 0.333. The van der Waals surface area contributed by atoms with Crippen LogP contribution >= 0.6 is 0 Å². The molecule has 3 heteroatoms. The standard InChI is InChI=1S/C9H12O3/c1-7-3-2-4-8(9(7)11)12-6-5-10/h2-4,10-11H,5-6H2,1H3. The lowest BCUT2D eigenvalue weighted by Crippen LogP contribution is -2.01. The third kappa shape index (κ3) is 1.89. The first-order chi connectivity index (χ1) is 5.75. The summed E-state index contributed by atoms with van der Waals surface area (Å²) in [4.78, 5) is 0. The van der Waals surface area contributed by atoms with Crippen LogP contribution < -0.4 is 4.74 Å². The van der Waals surface area contributed by atoms with Gasteiger partial charge in [0.1, 0.15) is 6.61 Å². The lowest BCUT2D eigenvalue weighted by Gasteiger charge is -2.07. The van der Waals surface area contributed by atoms with Crippen LogP contribution in [0.4, 0.5) is 0 Å². The molecule has 0 saturated carbocycles. The van der Waals surface area contributed by atoms with Crippen LogP contribution in [0.25, 0.3) is 0 Å². The average Bonchev–Trinajstić information content (AvgIpc) is 2.08. The number of aliphatic hydroxyl groups is 1. The zero-order chi connectivity index (χ0) is 8.97. The quantitative estimate of drug-likeness (QED) is 0.709. The van der Waals surface area contributed by atoms with Crippen molar-refractivity contribution in [2.24, 2.45) is 0 Å². The number of phenols is 1. The van der Waals surface area contributed by atoms with Crippen molar-refractivity contribution in [2.45, 2.75) is 6.92 Å². The topological polar surface area (TPSA) is 49.7 Å². The predicted molar refractivity (Wildman–Crippen MR) is 45.4 cm³/mol. The number of aromatic hydroxyl groups is 1. The van der Waals surface area contributed by atoms with Crippen molar-refractivity contribution in [2.75, 3.05) is 13.2 Å². The van der Waals surface area contributed by atoms with Crippen molar-refractivity contribution in [3.63, 3.8) is 0 Å². The van der Waals surface area contributed by atoms with E-state index in [1.54, 1.807) is 25.1 Å². The minimum absolute atomic E-state index is 0.0482. The summed E-state index contributed by atoms with van der Waals surface area (Å²) in [7, 11) is 0. The van der Waals surface area contributed by atoms with E-state index < -0.39 is 0 Å². The van der Waals surface area contributed by atoms with Gasteiger partial charge in [0.05, 0.1) is 6.61 Å². The predicted octanol–water partition coefficient (Wildman–Crippen LogP) is 1.07. The molecule has 66 valence electrons. The van der Waals surface area contributed by atoms with E-state index in [0.29, 0.717) is 5.75 Å². The van der Waals surface area contributed by atoms with Crippen LogP contribution in [-0.2, 0) is 0 Å². The number of hydrogen-bond acceptors (Lipinski definition) is 3. The van der Waals surface area contributed by atoms with Crippen molar-refractivity contribution in [3.8, 4) is 11.5 Å². The SMILES string of the molecule is Cc1cccc(OCCO)c1O. The van der Waals surface area contributed by atoms with Crippen LogP contribution in [0.2, 0.25) is 0 Å². The summed E-state index contributed by atoms with van der Waals surface area (Å²) >= 11 is 0. The van der Waals surface area contributed by atoms with E-state index in [9.17, 15) is 5.11 Å². The van der Waals surface area contributed by atoms with Crippen LogP contribution in [0.5, 0.6) is 11.5 Å². The van der Waals surface area contributed by atoms with Gasteiger partial charge in [-0.25, -0.2) is 0 Å². The number of ether oxygens (including phenoxy) is 1. The van der Waals surface area contributed by atoms with Gasteiger partial charge in [-0.15, -0.1) is 0 Å². The number of benzene rings is 1. The van der Waals surface area contributed by atoms with Gasteiger partial charge in [-0.3, -0.25) is 0 Å². The van der Waals surface area contributed by atoms with Crippen LogP contribution in [-0.4, -0.2) is 23.4 Å². The third-order valence-electron chi connectivity index (χ3n) is 1.55. The van der Waals surface area contributed by atoms with Crippen molar-refractivity contribution < 1.29 is 14.9 Å². The number of phenolic OH excluding ortho intramolecular Hbond substituents is 1. The fourth-order valence-electron chi connectivity index (χ4n) is 0.904. The maximum absolute atomic E-state index is 9.42. The molecule has 1 rings (SSSR count). The van der Waals surface area contributed by atoms with Crippen LogP contribution in [0.1, 0.15) is 5.56 Å². The summed E-state index contributed by atoms with van der Waals surface area (Å²) in [5, 5.41) is 17.9. The highest BCUT2D eigenvalue weighted by atomic mass is 16.5. The van der Waals surface area contributed by atoms with E-state index in [4.69, 9.17) is 9.84 Å². The zero-order valence-electron chi connectivity index (χ0n) is 6.95. The molecule has 0 fully saturated rings. The number of aliphatic hydroxyl groups excluding tert-OH is 1. The molecule has 0 aliphatic heterocycles. The van der Waals surface area contributed by atoms with Crippen LogP contribution in [0, 0.1) is 6.92 Å². The lowest BCUT2D eigenvalue weighted by molar-refractivity contribution is 0.197. The molecule has 0 aliphatic rings. The van der Waals surface area contributed by atoms with E-state index in [1.807, 2.05) is 0 Å². The molecule has 0 heterocycles. The monoisotopic (exact) mass is 168 g/mol. The summed E-state index contributed by atoms with van der Waals surface area (Å²) < 4.78 is 5.07. The van der Waals surface area contributed by atoms with Gasteiger partial charge in [0.15, 0.2) is 11.5 Å². The van der Waals surface area contributed by atoms with Crippen molar-refractivity contribution in [1.82, 2.24) is 0 Å². The second kappa shape index (κ2) is 3.97. The van der Waals surface area contributed by atoms with Gasteiger partial charge in [0.25, 0.3) is 0 Å². The van der Waals surface area contributed by atoms with E-state index in [-0.39, 0.29) is 19.0 Å². The Labute approximate surface area is 71.2 Å². The molecule has 0 atom stereocenters. The molecular formula is C9H12O3. The summed E-state index contributed by atoms with van der Waals surface area (Å²) in [6.07, 6.45) is 0. The first-order valence-corrected chi connectivity index (χ1v) is 3.78. The Morgan fingerprint density at radius 2 is 2.17 bits per heavy atom. The Morgan fingerprint density at radius 1 is 1.42 bits per heavy atom. The maximum atomic E-state index is 9.42. The summed E-state index contributed by atoms with van der Waals surface area (Å²) in [6, 6.07) is 5.25. The Kier molecular flexibility index (Phi) is 2.94. The van der Waals surface area contributed by atoms with Gasteiger partial charge in [-0.05, 0) is 18.6 Å². The zero-order valence-corrected chi connectivity index (χ0v) is 6.95. The van der Waals surface area contributed by atoms with Crippen molar-refractivity contribution in [1.29, 1.82) is 0 Å². The van der Waals surface area contributed by atoms with Gasteiger partial charge in [-0.2, -0.15) is 0 Å². The Balaban J connectivity index is 2.78. The number of rotatable bonds is 3. The minimum atomic E-state index is -0.0482. The number of aryl methyl sites for hydroxylation is 1. The molecule has 1 aromatic carbocycles. The van der Waals surface area contributed by atoms with Gasteiger partial charge < -0.3 is 14.9 Å². The first-order valence-electron chi connectivity index (χ1n) is 3.78. The van der Waals surface area contributed by atoms with E-state index in [1.165, 1.54) is 0 Å². The molecule has 0 bridgehead atoms. The third-order valence-corrected chi connectivity index (χ3v) is 1.55. The molecule has 0 radical (unpaired) electrons. The highest BCUT2D eigenvalue weighted by molar-refractivity contribution is 5.44. The second-order valence-corrected chi connectivity index (χ2v) is 2.49. The van der Waals surface area contributed by atoms with Crippen molar-refractivity contribution >= 4 is 0 Å². The van der Waals surface area contributed by atoms with E-state index in [0.717, 1.165) is 5.56 Å². The second-order valence-electron chi connectivity index (χ2n) is 2.49. The normalized spacial score (nSPS) is 9.83. The van der Waals surface area contributed by atoms with E-state index >= 15 is 0 Å². The molecular weight excluding hydrogens is 156 g/mol. The van der Waals surface area contributed by atoms with Crippen molar-refractivity contribution in [3.05, 3.63) is 23.8 Å². The van der Waals surface area contributed by atoms with E-state index in [2.05, 4.69) is 0 Å². The fourth-order valence-corrected chi connectivity index (χ4v) is 0.904. The molecule has 1 aromatic rings. The first kappa shape index (κ1) is 8.87. The maximum Gasteiger partial charge on any atom is 0.161 e. The number of para-hydroxylation sites is 1. The molecule has 12 heavy (non-hydrogen) atoms. The molecule has 3 nitrogen and oxygen atoms in total. The van der Waals surface area contributed by atoms with Gasteiger partial charge >= 0.3 is 0 Å². The molecule has 0 saturated heterocycles. The molecule has 0 unspecified atom stereocenters. The van der Waals surface area contributed by atoms with Gasteiger partial charge in [0.2, 0.25) is 0 Å². The molecule has 0 spiro atoms. The highest BCUT2D eigenvalue weighted by Crippen LogP contribution is 2.28. The molecule has 0 aromatic heterocycles. The average molecular weight is 168 g/mol. The number of hydrogen-bond donors (Lipinski definition) is 2. The summed E-state index contributed by atoms with van der Waals surface area (Å²) in [6.45, 7) is 1.95. The molecule has 0 amide bonds. The Bertz CT molecular complexity index is 258. The largest absolute Gasteiger partial charge is 0.504 e. The summed E-state index contributed by atoms with van der Waals surface area (Å²) in [5.41, 5.74) is 0.769. The van der Waals surface area contributed by atoms with Gasteiger partial charge in [-0.1, -0.05) is 12.1 Å². The Hall–Kier alpha value is -1.22. The smallest absolute Gasteiger partial charge is 0.161 e.